The van der Waals surface area contributed by atoms with Crippen molar-refractivity contribution in [2.45, 2.75) is 31.8 Å². The Bertz CT molecular complexity index is 810. The molecule has 1 aromatic carbocycles. The predicted octanol–water partition coefficient (Wildman–Crippen LogP) is 2.58. The van der Waals surface area contributed by atoms with E-state index in [1.54, 1.807) is 17.0 Å². The first-order valence-corrected chi connectivity index (χ1v) is 8.71. The van der Waals surface area contributed by atoms with Gasteiger partial charge < -0.3 is 9.80 Å². The second kappa shape index (κ2) is 6.52. The van der Waals surface area contributed by atoms with Crippen molar-refractivity contribution in [3.63, 3.8) is 0 Å². The molecule has 2 aliphatic rings. The first-order valence-electron chi connectivity index (χ1n) is 8.71. The van der Waals surface area contributed by atoms with Crippen LogP contribution in [0.25, 0.3) is 0 Å². The molecule has 1 fully saturated rings. The molecule has 0 saturated carbocycles. The van der Waals surface area contributed by atoms with E-state index in [9.17, 15) is 9.18 Å². The summed E-state index contributed by atoms with van der Waals surface area (Å²) in [6.45, 7) is 2.51. The zero-order chi connectivity index (χ0) is 17.4. The van der Waals surface area contributed by atoms with Crippen LogP contribution in [0.5, 0.6) is 0 Å². The average Bonchev–Trinajstić information content (AvgIpc) is 3.10. The van der Waals surface area contributed by atoms with Crippen molar-refractivity contribution in [1.82, 2.24) is 19.8 Å². The lowest BCUT2D eigenvalue weighted by molar-refractivity contribution is 0.0729. The summed E-state index contributed by atoms with van der Waals surface area (Å²) in [5, 5.41) is 0. The van der Waals surface area contributed by atoms with Crippen molar-refractivity contribution >= 4 is 5.91 Å². The third-order valence-electron chi connectivity index (χ3n) is 5.03. The van der Waals surface area contributed by atoms with Crippen LogP contribution >= 0.6 is 0 Å². The molecule has 1 unspecified atom stereocenters. The van der Waals surface area contributed by atoms with Gasteiger partial charge in [0.25, 0.3) is 5.91 Å². The lowest BCUT2D eigenvalue weighted by atomic mass is 10.1. The summed E-state index contributed by atoms with van der Waals surface area (Å²) < 4.78 is 13.5. The smallest absolute Gasteiger partial charge is 0.254 e. The molecule has 6 heteroatoms. The Kier molecular flexibility index (Phi) is 4.21. The highest BCUT2D eigenvalue weighted by atomic mass is 19.1. The molecule has 0 aliphatic carbocycles. The summed E-state index contributed by atoms with van der Waals surface area (Å²) in [6.07, 6.45) is 4.57. The fourth-order valence-electron chi connectivity index (χ4n) is 3.70. The van der Waals surface area contributed by atoms with Gasteiger partial charge >= 0.3 is 0 Å². The first-order chi connectivity index (χ1) is 12.1. The van der Waals surface area contributed by atoms with Gasteiger partial charge in [0.2, 0.25) is 0 Å². The minimum absolute atomic E-state index is 0.124. The summed E-state index contributed by atoms with van der Waals surface area (Å²) in [5.74, 6) is 0.171. The Balaban J connectivity index is 1.60. The monoisotopic (exact) mass is 340 g/mol. The number of rotatable bonds is 2. The van der Waals surface area contributed by atoms with E-state index in [0.717, 1.165) is 38.0 Å². The van der Waals surface area contributed by atoms with Gasteiger partial charge in [-0.3, -0.25) is 4.79 Å². The Morgan fingerprint density at radius 3 is 3.04 bits per heavy atom. The molecule has 0 N–H and O–H groups in total. The highest BCUT2D eigenvalue weighted by molar-refractivity contribution is 5.94. The molecule has 1 saturated heterocycles. The molecule has 130 valence electrons. The molecule has 5 nitrogen and oxygen atoms in total. The molecule has 25 heavy (non-hydrogen) atoms. The largest absolute Gasteiger partial charge is 0.328 e. The van der Waals surface area contributed by atoms with E-state index < -0.39 is 5.82 Å². The van der Waals surface area contributed by atoms with Crippen LogP contribution in [-0.4, -0.2) is 45.8 Å². The molecule has 0 spiro atoms. The van der Waals surface area contributed by atoms with E-state index in [2.05, 4.69) is 16.9 Å². The number of benzene rings is 1. The Morgan fingerprint density at radius 1 is 1.32 bits per heavy atom. The van der Waals surface area contributed by atoms with Crippen molar-refractivity contribution in [1.29, 1.82) is 0 Å². The highest BCUT2D eigenvalue weighted by Gasteiger charge is 2.33. The van der Waals surface area contributed by atoms with Gasteiger partial charge in [-0.1, -0.05) is 6.07 Å². The van der Waals surface area contributed by atoms with Crippen LogP contribution in [0.15, 0.2) is 30.5 Å². The van der Waals surface area contributed by atoms with Crippen LogP contribution in [0.3, 0.4) is 0 Å². The zero-order valence-corrected chi connectivity index (χ0v) is 14.3. The van der Waals surface area contributed by atoms with E-state index in [1.165, 1.54) is 17.7 Å². The minimum Gasteiger partial charge on any atom is -0.328 e. The van der Waals surface area contributed by atoms with E-state index >= 15 is 0 Å². The second-order valence-corrected chi connectivity index (χ2v) is 6.85. The lowest BCUT2D eigenvalue weighted by Gasteiger charge is -2.27. The van der Waals surface area contributed by atoms with Crippen LogP contribution < -0.4 is 0 Å². The molecule has 0 bridgehead atoms. The minimum atomic E-state index is -0.393. The van der Waals surface area contributed by atoms with Crippen LogP contribution in [0.2, 0.25) is 0 Å². The standard InChI is InChI=1S/C19H21FN4O/c1-23-9-7-16-14(12-23)11-21-18(22-16)17-6-3-8-24(17)19(25)13-4-2-5-15(20)10-13/h2,4-5,10-11,17H,3,6-9,12H2,1H3. The number of hydrogen-bond donors (Lipinski definition) is 0. The van der Waals surface area contributed by atoms with E-state index in [0.29, 0.717) is 17.9 Å². The number of hydrogen-bond acceptors (Lipinski definition) is 4. The van der Waals surface area contributed by atoms with Gasteiger partial charge in [-0.15, -0.1) is 0 Å². The summed E-state index contributed by atoms with van der Waals surface area (Å²) >= 11 is 0. The first kappa shape index (κ1) is 16.1. The Labute approximate surface area is 146 Å². The maximum absolute atomic E-state index is 13.5. The van der Waals surface area contributed by atoms with Gasteiger partial charge in [-0.2, -0.15) is 0 Å². The van der Waals surface area contributed by atoms with Crippen molar-refractivity contribution in [2.24, 2.45) is 0 Å². The molecule has 3 heterocycles. The van der Waals surface area contributed by atoms with Crippen molar-refractivity contribution in [3.05, 3.63) is 58.9 Å². The third-order valence-corrected chi connectivity index (χ3v) is 5.03. The topological polar surface area (TPSA) is 49.3 Å². The molecule has 1 amide bonds. The lowest BCUT2D eigenvalue weighted by Crippen LogP contribution is -2.33. The SMILES string of the molecule is CN1CCc2nc(C3CCCN3C(=O)c3cccc(F)c3)ncc2C1. The normalized spacial score (nSPS) is 20.6. The Morgan fingerprint density at radius 2 is 2.20 bits per heavy atom. The zero-order valence-electron chi connectivity index (χ0n) is 14.3. The number of halogens is 1. The molecular weight excluding hydrogens is 319 g/mol. The summed E-state index contributed by atoms with van der Waals surface area (Å²) in [5.41, 5.74) is 2.64. The summed E-state index contributed by atoms with van der Waals surface area (Å²) in [4.78, 5) is 26.2. The molecule has 1 atom stereocenters. The van der Waals surface area contributed by atoms with Crippen molar-refractivity contribution in [3.8, 4) is 0 Å². The number of likely N-dealkylation sites (N-methyl/N-ethyl adjacent to an activating group) is 1. The molecule has 0 radical (unpaired) electrons. The number of amides is 1. The van der Waals surface area contributed by atoms with E-state index in [1.807, 2.05) is 6.20 Å². The van der Waals surface area contributed by atoms with Crippen LogP contribution in [0, 0.1) is 5.82 Å². The maximum Gasteiger partial charge on any atom is 0.254 e. The summed E-state index contributed by atoms with van der Waals surface area (Å²) in [6, 6.07) is 5.74. The van der Waals surface area contributed by atoms with Gasteiger partial charge in [0.1, 0.15) is 5.82 Å². The Hall–Kier alpha value is -2.34. The molecule has 4 rings (SSSR count). The van der Waals surface area contributed by atoms with Crippen LogP contribution in [0.4, 0.5) is 4.39 Å². The number of fused-ring (bicyclic) bond motifs is 1. The highest BCUT2D eigenvalue weighted by Crippen LogP contribution is 2.32. The molecular formula is C19H21FN4O. The van der Waals surface area contributed by atoms with Gasteiger partial charge in [-0.05, 0) is 38.1 Å². The fourth-order valence-corrected chi connectivity index (χ4v) is 3.70. The number of aromatic nitrogens is 2. The number of nitrogens with zero attached hydrogens (tertiary/aromatic N) is 4. The molecule has 1 aromatic heterocycles. The number of carbonyl (C=O) groups excluding carboxylic acids is 1. The predicted molar refractivity (Wildman–Crippen MR) is 91.5 cm³/mol. The molecule has 2 aliphatic heterocycles. The van der Waals surface area contributed by atoms with Crippen LogP contribution in [0.1, 0.15) is 46.3 Å². The third kappa shape index (κ3) is 3.14. The second-order valence-electron chi connectivity index (χ2n) is 6.85. The summed E-state index contributed by atoms with van der Waals surface area (Å²) in [7, 11) is 2.09. The van der Waals surface area contributed by atoms with Gasteiger partial charge in [0.05, 0.1) is 6.04 Å². The molecule has 2 aromatic rings. The average molecular weight is 340 g/mol. The fraction of sp³-hybridized carbons (Fsp3) is 0.421. The van der Waals surface area contributed by atoms with Gasteiger partial charge in [0, 0.05) is 49.1 Å². The van der Waals surface area contributed by atoms with E-state index in [-0.39, 0.29) is 11.9 Å². The number of carbonyl (C=O) groups is 1. The van der Waals surface area contributed by atoms with Crippen molar-refractivity contribution < 1.29 is 9.18 Å². The maximum atomic E-state index is 13.5. The number of likely N-dealkylation sites (tertiary alicyclic amines) is 1. The van der Waals surface area contributed by atoms with E-state index in [4.69, 9.17) is 4.98 Å². The van der Waals surface area contributed by atoms with Crippen molar-refractivity contribution in [2.75, 3.05) is 20.1 Å². The quantitative estimate of drug-likeness (QED) is 0.843. The van der Waals surface area contributed by atoms with Crippen LogP contribution in [-0.2, 0) is 13.0 Å². The van der Waals surface area contributed by atoms with Gasteiger partial charge in [0.15, 0.2) is 5.82 Å². The van der Waals surface area contributed by atoms with Gasteiger partial charge in [-0.25, -0.2) is 14.4 Å².